The van der Waals surface area contributed by atoms with E-state index in [1.165, 1.54) is 6.20 Å². The van der Waals surface area contributed by atoms with Crippen molar-refractivity contribution in [2.45, 2.75) is 17.4 Å². The lowest BCUT2D eigenvalue weighted by Crippen LogP contribution is -2.49. The third-order valence-electron chi connectivity index (χ3n) is 5.01. The van der Waals surface area contributed by atoms with Crippen LogP contribution in [0.1, 0.15) is 6.42 Å². The Morgan fingerprint density at radius 1 is 1.08 bits per heavy atom. The van der Waals surface area contributed by atoms with E-state index >= 15 is 0 Å². The van der Waals surface area contributed by atoms with Crippen molar-refractivity contribution >= 4 is 22.4 Å². The molecular formula is C17H24ClN5O2S. The van der Waals surface area contributed by atoms with Gasteiger partial charge in [0.2, 0.25) is 10.0 Å². The van der Waals surface area contributed by atoms with E-state index in [0.717, 1.165) is 38.3 Å². The van der Waals surface area contributed by atoms with Gasteiger partial charge in [0.25, 0.3) is 0 Å². The number of benzene rings is 1. The second kappa shape index (κ2) is 8.06. The first-order valence-corrected chi connectivity index (χ1v) is 10.1. The lowest BCUT2D eigenvalue weighted by atomic mass is 10.2. The molecule has 0 aliphatic carbocycles. The van der Waals surface area contributed by atoms with Crippen molar-refractivity contribution in [1.82, 2.24) is 24.3 Å². The molecule has 2 aliphatic rings. The van der Waals surface area contributed by atoms with Crippen molar-refractivity contribution in [3.8, 4) is 5.69 Å². The fourth-order valence-electron chi connectivity index (χ4n) is 3.58. The first-order valence-electron chi connectivity index (χ1n) is 8.69. The number of aromatic nitrogens is 2. The molecule has 7 nitrogen and oxygen atoms in total. The maximum absolute atomic E-state index is 12.9. The van der Waals surface area contributed by atoms with Gasteiger partial charge in [0.15, 0.2) is 0 Å². The Kier molecular flexibility index (Phi) is 5.99. The number of piperazine rings is 1. The molecule has 0 spiro atoms. The molecule has 0 amide bonds. The molecule has 1 aromatic heterocycles. The molecule has 1 aromatic carbocycles. The average Bonchev–Trinajstić information content (AvgIpc) is 3.34. The van der Waals surface area contributed by atoms with Crippen LogP contribution in [-0.4, -0.2) is 72.7 Å². The zero-order valence-electron chi connectivity index (χ0n) is 14.5. The second-order valence-corrected chi connectivity index (χ2v) is 8.49. The van der Waals surface area contributed by atoms with E-state index in [2.05, 4.69) is 15.3 Å². The monoisotopic (exact) mass is 397 g/mol. The molecule has 2 aliphatic heterocycles. The summed E-state index contributed by atoms with van der Waals surface area (Å²) in [5.41, 5.74) is 0.851. The minimum absolute atomic E-state index is 0. The van der Waals surface area contributed by atoms with Gasteiger partial charge in [0, 0.05) is 45.3 Å². The maximum Gasteiger partial charge on any atom is 0.246 e. The summed E-state index contributed by atoms with van der Waals surface area (Å²) in [5, 5.41) is 7.56. The van der Waals surface area contributed by atoms with Crippen molar-refractivity contribution in [1.29, 1.82) is 0 Å². The number of para-hydroxylation sites is 1. The minimum atomic E-state index is -3.49. The summed E-state index contributed by atoms with van der Waals surface area (Å²) in [6.45, 7) is 5.08. The predicted octanol–water partition coefficient (Wildman–Crippen LogP) is 0.962. The number of hydrogen-bond acceptors (Lipinski definition) is 5. The highest BCUT2D eigenvalue weighted by atomic mass is 35.5. The highest BCUT2D eigenvalue weighted by molar-refractivity contribution is 7.89. The van der Waals surface area contributed by atoms with Crippen LogP contribution in [0.15, 0.2) is 47.6 Å². The normalized spacial score (nSPS) is 22.2. The molecule has 0 radical (unpaired) electrons. The average molecular weight is 398 g/mol. The van der Waals surface area contributed by atoms with Crippen molar-refractivity contribution in [3.63, 3.8) is 0 Å². The van der Waals surface area contributed by atoms with Crippen LogP contribution < -0.4 is 5.32 Å². The highest BCUT2D eigenvalue weighted by Gasteiger charge is 2.36. The van der Waals surface area contributed by atoms with Crippen LogP contribution in [0.5, 0.6) is 0 Å². The Hall–Kier alpha value is -1.45. The van der Waals surface area contributed by atoms with Gasteiger partial charge in [-0.15, -0.1) is 12.4 Å². The molecule has 2 aromatic rings. The van der Waals surface area contributed by atoms with Crippen molar-refractivity contribution in [2.24, 2.45) is 0 Å². The minimum Gasteiger partial charge on any atom is -0.314 e. The van der Waals surface area contributed by atoms with E-state index in [-0.39, 0.29) is 17.3 Å². The van der Waals surface area contributed by atoms with Gasteiger partial charge in [-0.25, -0.2) is 13.1 Å². The van der Waals surface area contributed by atoms with Crippen molar-refractivity contribution in [3.05, 3.63) is 42.7 Å². The van der Waals surface area contributed by atoms with Crippen LogP contribution in [0, 0.1) is 0 Å². The van der Waals surface area contributed by atoms with E-state index in [0.29, 0.717) is 19.1 Å². The smallest absolute Gasteiger partial charge is 0.246 e. The number of nitrogens with zero attached hydrogens (tertiary/aromatic N) is 4. The number of halogens is 1. The Balaban J connectivity index is 0.00000196. The van der Waals surface area contributed by atoms with Gasteiger partial charge in [-0.05, 0) is 18.6 Å². The summed E-state index contributed by atoms with van der Waals surface area (Å²) in [5.74, 6) is 0. The van der Waals surface area contributed by atoms with E-state index in [4.69, 9.17) is 0 Å². The summed E-state index contributed by atoms with van der Waals surface area (Å²) >= 11 is 0. The standard InChI is InChI=1S/C17H23N5O2S.ClH/c23-25(24,17-12-19-22(14-17)15-4-2-1-3-5-15)21-9-6-16(13-21)20-10-7-18-8-11-20;/h1-5,12,14,16,18H,6-11,13H2;1H. The number of nitrogens with one attached hydrogen (secondary N) is 1. The topological polar surface area (TPSA) is 70.5 Å². The van der Waals surface area contributed by atoms with Gasteiger partial charge in [0.05, 0.1) is 18.1 Å². The molecule has 2 fully saturated rings. The third-order valence-corrected chi connectivity index (χ3v) is 6.83. The highest BCUT2D eigenvalue weighted by Crippen LogP contribution is 2.24. The van der Waals surface area contributed by atoms with E-state index in [1.807, 2.05) is 30.3 Å². The number of sulfonamides is 1. The molecule has 0 bridgehead atoms. The molecular weight excluding hydrogens is 374 g/mol. The summed E-state index contributed by atoms with van der Waals surface area (Å²) in [6.07, 6.45) is 3.94. The maximum atomic E-state index is 12.9. The van der Waals surface area contributed by atoms with Crippen LogP contribution in [0.4, 0.5) is 0 Å². The van der Waals surface area contributed by atoms with E-state index in [1.54, 1.807) is 15.2 Å². The molecule has 1 unspecified atom stereocenters. The SMILES string of the molecule is Cl.O=S(=O)(c1cnn(-c2ccccc2)c1)N1CCC(N2CCNCC2)C1. The van der Waals surface area contributed by atoms with Crippen LogP contribution in [0.3, 0.4) is 0 Å². The van der Waals surface area contributed by atoms with Gasteiger partial charge >= 0.3 is 0 Å². The Morgan fingerprint density at radius 2 is 1.81 bits per heavy atom. The molecule has 4 rings (SSSR count). The van der Waals surface area contributed by atoms with Gasteiger partial charge < -0.3 is 5.32 Å². The molecule has 0 saturated carbocycles. The Labute approximate surface area is 160 Å². The van der Waals surface area contributed by atoms with E-state index < -0.39 is 10.0 Å². The fourth-order valence-corrected chi connectivity index (χ4v) is 5.01. The summed E-state index contributed by atoms with van der Waals surface area (Å²) < 4.78 is 29.1. The molecule has 1 N–H and O–H groups in total. The lowest BCUT2D eigenvalue weighted by molar-refractivity contribution is 0.179. The molecule has 1 atom stereocenters. The molecule has 142 valence electrons. The Bertz CT molecular complexity index is 821. The quantitative estimate of drug-likeness (QED) is 0.832. The largest absolute Gasteiger partial charge is 0.314 e. The third kappa shape index (κ3) is 3.79. The first-order chi connectivity index (χ1) is 12.1. The van der Waals surface area contributed by atoms with Crippen LogP contribution in [0.25, 0.3) is 5.69 Å². The molecule has 9 heteroatoms. The zero-order valence-corrected chi connectivity index (χ0v) is 16.1. The van der Waals surface area contributed by atoms with Crippen molar-refractivity contribution < 1.29 is 8.42 Å². The summed E-state index contributed by atoms with van der Waals surface area (Å²) in [6, 6.07) is 9.86. The fraction of sp³-hybridized carbons (Fsp3) is 0.471. The van der Waals surface area contributed by atoms with Crippen LogP contribution in [-0.2, 0) is 10.0 Å². The van der Waals surface area contributed by atoms with Crippen LogP contribution >= 0.6 is 12.4 Å². The Morgan fingerprint density at radius 3 is 2.54 bits per heavy atom. The number of rotatable bonds is 4. The van der Waals surface area contributed by atoms with Gasteiger partial charge in [0.1, 0.15) is 4.90 Å². The first kappa shape index (κ1) is 19.3. The second-order valence-electron chi connectivity index (χ2n) is 6.55. The molecule has 26 heavy (non-hydrogen) atoms. The lowest BCUT2D eigenvalue weighted by Gasteiger charge is -2.32. The summed E-state index contributed by atoms with van der Waals surface area (Å²) in [4.78, 5) is 2.66. The zero-order chi connectivity index (χ0) is 17.3. The predicted molar refractivity (Wildman–Crippen MR) is 102 cm³/mol. The van der Waals surface area contributed by atoms with Gasteiger partial charge in [-0.3, -0.25) is 4.90 Å². The molecule has 2 saturated heterocycles. The summed E-state index contributed by atoms with van der Waals surface area (Å²) in [7, 11) is -3.49. The van der Waals surface area contributed by atoms with Crippen molar-refractivity contribution in [2.75, 3.05) is 39.3 Å². The van der Waals surface area contributed by atoms with Crippen LogP contribution in [0.2, 0.25) is 0 Å². The van der Waals surface area contributed by atoms with E-state index in [9.17, 15) is 8.42 Å². The molecule has 3 heterocycles. The van der Waals surface area contributed by atoms with Gasteiger partial charge in [-0.1, -0.05) is 18.2 Å². The number of hydrogen-bond donors (Lipinski definition) is 1. The van der Waals surface area contributed by atoms with Gasteiger partial charge in [-0.2, -0.15) is 9.40 Å².